The lowest BCUT2D eigenvalue weighted by atomic mass is 9.75. The molecule has 0 radical (unpaired) electrons. The highest BCUT2D eigenvalue weighted by molar-refractivity contribution is 5.78. The highest BCUT2D eigenvalue weighted by Crippen LogP contribution is 2.62. The molecule has 2 atom stereocenters. The summed E-state index contributed by atoms with van der Waals surface area (Å²) in [4.78, 5) is 15.6. The number of aryl methyl sites for hydroxylation is 1. The molecule has 2 saturated carbocycles. The van der Waals surface area contributed by atoms with Crippen molar-refractivity contribution in [3.63, 3.8) is 0 Å². The second-order valence-corrected chi connectivity index (χ2v) is 11.0. The minimum Gasteiger partial charge on any atom is -0.489 e. The van der Waals surface area contributed by atoms with Gasteiger partial charge in [0.15, 0.2) is 0 Å². The minimum absolute atomic E-state index is 0.218. The molecule has 0 saturated heterocycles. The number of carboxylic acid groups (broad SMARTS) is 1. The fourth-order valence-electron chi connectivity index (χ4n) is 6.84. The molecule has 6 rings (SSSR count). The number of aromatic nitrogens is 1. The van der Waals surface area contributed by atoms with Crippen LogP contribution in [-0.2, 0) is 28.7 Å². The Kier molecular flexibility index (Phi) is 6.01. The van der Waals surface area contributed by atoms with E-state index in [4.69, 9.17) is 9.47 Å². The Balaban J connectivity index is 1.32. The summed E-state index contributed by atoms with van der Waals surface area (Å²) in [6.07, 6.45) is 9.89. The van der Waals surface area contributed by atoms with Gasteiger partial charge < -0.3 is 14.6 Å². The van der Waals surface area contributed by atoms with E-state index >= 15 is 4.39 Å². The quantitative estimate of drug-likeness (QED) is 0.337. The molecular formula is C32H32FNO4. The fraction of sp³-hybridized carbons (Fsp3) is 0.375. The minimum atomic E-state index is -0.705. The third-order valence-electron chi connectivity index (χ3n) is 9.07. The normalized spacial score (nSPS) is 22.7. The summed E-state index contributed by atoms with van der Waals surface area (Å²) < 4.78 is 26.5. The molecule has 1 N–H and O–H groups in total. The van der Waals surface area contributed by atoms with Crippen LogP contribution in [-0.4, -0.2) is 23.2 Å². The lowest BCUT2D eigenvalue weighted by molar-refractivity contribution is -0.139. The number of hydrogen-bond donors (Lipinski definition) is 1. The molecule has 3 aliphatic rings. The van der Waals surface area contributed by atoms with Crippen LogP contribution in [0.25, 0.3) is 11.1 Å². The summed E-state index contributed by atoms with van der Waals surface area (Å²) in [5.41, 5.74) is 5.25. The predicted molar refractivity (Wildman–Crippen MR) is 143 cm³/mol. The zero-order valence-electron chi connectivity index (χ0n) is 21.6. The molecule has 196 valence electrons. The van der Waals surface area contributed by atoms with Gasteiger partial charge in [0.05, 0.1) is 19.2 Å². The Labute approximate surface area is 222 Å². The molecule has 0 aliphatic heterocycles. The SMILES string of the molecule is C=CC1(c2cc(COc3ccc4c(c3)[C@]3(CC4)C[C@H]3C(=O)O)ccc2-c2cc(OC)ncc2F)CCCC1. The highest BCUT2D eigenvalue weighted by atomic mass is 19.1. The zero-order valence-corrected chi connectivity index (χ0v) is 21.6. The standard InChI is InChI=1S/C32H32FNO4/c1-3-31(11-4-5-12-31)26-14-20(6-9-23(26)24-16-29(37-2)34-18-28(24)33)19-38-22-8-7-21-10-13-32(25(21)15-22)17-27(32)30(35)36/h3,6-9,14-16,18,27H,1,4-5,10-13,17,19H2,2H3,(H,35,36)/t27-,32-/m0/s1. The molecule has 2 fully saturated rings. The third kappa shape index (κ3) is 3.98. The molecule has 2 aromatic carbocycles. The van der Waals surface area contributed by atoms with E-state index in [0.29, 0.717) is 24.5 Å². The van der Waals surface area contributed by atoms with Crippen molar-refractivity contribution in [2.24, 2.45) is 5.92 Å². The van der Waals surface area contributed by atoms with Crippen molar-refractivity contribution in [2.75, 3.05) is 7.11 Å². The summed E-state index contributed by atoms with van der Waals surface area (Å²) >= 11 is 0. The van der Waals surface area contributed by atoms with E-state index in [-0.39, 0.29) is 22.6 Å². The van der Waals surface area contributed by atoms with Crippen molar-refractivity contribution in [1.82, 2.24) is 4.98 Å². The van der Waals surface area contributed by atoms with Gasteiger partial charge in [0, 0.05) is 22.5 Å². The topological polar surface area (TPSA) is 68.7 Å². The van der Waals surface area contributed by atoms with Gasteiger partial charge >= 0.3 is 5.97 Å². The van der Waals surface area contributed by atoms with E-state index in [0.717, 1.165) is 66.5 Å². The molecule has 5 nitrogen and oxygen atoms in total. The smallest absolute Gasteiger partial charge is 0.307 e. The van der Waals surface area contributed by atoms with Crippen LogP contribution in [0.5, 0.6) is 11.6 Å². The van der Waals surface area contributed by atoms with Crippen LogP contribution in [0.15, 0.2) is 61.3 Å². The molecule has 3 aromatic rings. The van der Waals surface area contributed by atoms with Gasteiger partial charge in [-0.05, 0) is 72.1 Å². The summed E-state index contributed by atoms with van der Waals surface area (Å²) in [5, 5.41) is 9.56. The van der Waals surface area contributed by atoms with E-state index in [1.165, 1.54) is 18.9 Å². The number of nitrogens with zero attached hydrogens (tertiary/aromatic N) is 1. The number of allylic oxidation sites excluding steroid dienone is 1. The molecule has 0 amide bonds. The van der Waals surface area contributed by atoms with Crippen molar-refractivity contribution in [2.45, 2.75) is 62.4 Å². The Hall–Kier alpha value is -3.67. The maximum Gasteiger partial charge on any atom is 0.307 e. The van der Waals surface area contributed by atoms with E-state index in [9.17, 15) is 9.90 Å². The van der Waals surface area contributed by atoms with Gasteiger partial charge in [-0.3, -0.25) is 4.79 Å². The molecule has 1 aromatic heterocycles. The van der Waals surface area contributed by atoms with Gasteiger partial charge in [0.2, 0.25) is 5.88 Å². The second-order valence-electron chi connectivity index (χ2n) is 11.0. The van der Waals surface area contributed by atoms with Crippen LogP contribution in [0, 0.1) is 11.7 Å². The molecular weight excluding hydrogens is 481 g/mol. The number of carbonyl (C=O) groups is 1. The number of rotatable bonds is 8. The lowest BCUT2D eigenvalue weighted by Crippen LogP contribution is -2.20. The van der Waals surface area contributed by atoms with Gasteiger partial charge in [-0.1, -0.05) is 43.2 Å². The second kappa shape index (κ2) is 9.26. The molecule has 38 heavy (non-hydrogen) atoms. The van der Waals surface area contributed by atoms with Crippen LogP contribution >= 0.6 is 0 Å². The molecule has 1 heterocycles. The number of fused-ring (bicyclic) bond motifs is 2. The Morgan fingerprint density at radius 1 is 1.13 bits per heavy atom. The molecule has 0 bridgehead atoms. The van der Waals surface area contributed by atoms with Gasteiger partial charge in [0.1, 0.15) is 18.2 Å². The van der Waals surface area contributed by atoms with Crippen LogP contribution in [0.1, 0.15) is 60.8 Å². The van der Waals surface area contributed by atoms with Crippen LogP contribution < -0.4 is 9.47 Å². The largest absolute Gasteiger partial charge is 0.489 e. The van der Waals surface area contributed by atoms with Crippen molar-refractivity contribution in [3.05, 3.63) is 89.4 Å². The van der Waals surface area contributed by atoms with Crippen molar-refractivity contribution >= 4 is 5.97 Å². The van der Waals surface area contributed by atoms with Crippen LogP contribution in [0.3, 0.4) is 0 Å². The summed E-state index contributed by atoms with van der Waals surface area (Å²) in [6, 6.07) is 13.8. The number of ether oxygens (including phenoxy) is 2. The first-order valence-corrected chi connectivity index (χ1v) is 13.3. The first kappa shape index (κ1) is 24.7. The van der Waals surface area contributed by atoms with Gasteiger partial charge in [-0.15, -0.1) is 6.58 Å². The molecule has 3 aliphatic carbocycles. The first-order chi connectivity index (χ1) is 18.4. The first-order valence-electron chi connectivity index (χ1n) is 13.3. The zero-order chi connectivity index (χ0) is 26.5. The lowest BCUT2D eigenvalue weighted by Gasteiger charge is -2.29. The molecule has 6 heteroatoms. The number of hydrogen-bond acceptors (Lipinski definition) is 4. The van der Waals surface area contributed by atoms with E-state index in [1.807, 2.05) is 30.3 Å². The number of aliphatic carboxylic acids is 1. The number of carboxylic acids is 1. The maximum atomic E-state index is 15.0. The van der Waals surface area contributed by atoms with Crippen molar-refractivity contribution < 1.29 is 23.8 Å². The number of pyridine rings is 1. The highest BCUT2D eigenvalue weighted by Gasteiger charge is 2.61. The molecule has 0 unspecified atom stereocenters. The predicted octanol–water partition coefficient (Wildman–Crippen LogP) is 6.76. The van der Waals surface area contributed by atoms with Gasteiger partial charge in [0.25, 0.3) is 0 Å². The van der Waals surface area contributed by atoms with E-state index in [1.54, 1.807) is 6.07 Å². The van der Waals surface area contributed by atoms with Crippen molar-refractivity contribution in [1.29, 1.82) is 0 Å². The van der Waals surface area contributed by atoms with Gasteiger partial charge in [-0.25, -0.2) is 9.37 Å². The third-order valence-corrected chi connectivity index (χ3v) is 9.07. The summed E-state index contributed by atoms with van der Waals surface area (Å²) in [5.74, 6) is -0.268. The van der Waals surface area contributed by atoms with E-state index < -0.39 is 5.97 Å². The Morgan fingerprint density at radius 3 is 2.66 bits per heavy atom. The number of benzene rings is 2. The number of halogens is 1. The van der Waals surface area contributed by atoms with Crippen LogP contribution in [0.2, 0.25) is 0 Å². The maximum absolute atomic E-state index is 15.0. The Morgan fingerprint density at radius 2 is 1.95 bits per heavy atom. The molecule has 1 spiro atoms. The summed E-state index contributed by atoms with van der Waals surface area (Å²) in [6.45, 7) is 4.53. The summed E-state index contributed by atoms with van der Waals surface area (Å²) in [7, 11) is 1.53. The van der Waals surface area contributed by atoms with Gasteiger partial charge in [-0.2, -0.15) is 0 Å². The van der Waals surface area contributed by atoms with Crippen molar-refractivity contribution in [3.8, 4) is 22.8 Å². The number of methoxy groups -OCH3 is 1. The fourth-order valence-corrected chi connectivity index (χ4v) is 6.84. The van der Waals surface area contributed by atoms with Crippen LogP contribution in [0.4, 0.5) is 4.39 Å². The Bertz CT molecular complexity index is 1430. The van der Waals surface area contributed by atoms with E-state index in [2.05, 4.69) is 23.7 Å². The average Bonchev–Trinajstić information content (AvgIpc) is 3.29. The monoisotopic (exact) mass is 513 g/mol. The average molecular weight is 514 g/mol.